The smallest absolute Gasteiger partial charge is 0 e. The van der Waals surface area contributed by atoms with E-state index in [1.54, 1.807) is 0 Å². The Kier molecular flexibility index (Phi) is 4.67. The van der Waals surface area contributed by atoms with Gasteiger partial charge in [0.25, 0.3) is 0 Å². The van der Waals surface area contributed by atoms with Crippen molar-refractivity contribution >= 4 is 10.8 Å². The molecular formula is C13H15Hf-. The number of unbranched alkanes of at least 4 members (excludes halogenated alkanes) is 1. The predicted octanol–water partition coefficient (Wildman–Crippen LogP) is 3.90. The Balaban J connectivity index is 0.000000980. The number of hydrogen-bond donors (Lipinski definition) is 0. The third-order valence-electron chi connectivity index (χ3n) is 2.50. The summed E-state index contributed by atoms with van der Waals surface area (Å²) in [5.41, 5.74) is 1.49. The molecule has 0 aliphatic carbocycles. The van der Waals surface area contributed by atoms with E-state index in [2.05, 4.69) is 43.3 Å². The zero-order valence-electron chi connectivity index (χ0n) is 8.59. The predicted molar refractivity (Wildman–Crippen MR) is 58.2 cm³/mol. The Labute approximate surface area is 104 Å². The molecule has 0 amide bonds. The van der Waals surface area contributed by atoms with Gasteiger partial charge in [-0.2, -0.15) is 6.07 Å². The normalized spacial score (nSPS) is 10.1. The van der Waals surface area contributed by atoms with Crippen LogP contribution in [0.4, 0.5) is 0 Å². The van der Waals surface area contributed by atoms with Gasteiger partial charge in [-0.3, -0.25) is 0 Å². The standard InChI is InChI=1S/C13H15.Hf/c1-2-3-6-11-9-12-7-4-5-8-13(12)10-11;/h4-5,7-10H,2-3,6H2,1H3;/q-1;. The summed E-state index contributed by atoms with van der Waals surface area (Å²) in [6.45, 7) is 2.24. The molecule has 2 rings (SSSR count). The fourth-order valence-corrected chi connectivity index (χ4v) is 1.74. The minimum absolute atomic E-state index is 0. The molecule has 0 atom stereocenters. The van der Waals surface area contributed by atoms with Gasteiger partial charge >= 0.3 is 0 Å². The third kappa shape index (κ3) is 2.60. The van der Waals surface area contributed by atoms with E-state index in [9.17, 15) is 0 Å². The van der Waals surface area contributed by atoms with Crippen LogP contribution in [0.15, 0.2) is 36.4 Å². The molecule has 0 aliphatic rings. The SMILES string of the molecule is CCCCc1cc2ccccc2[cH-]1.[Hf]. The van der Waals surface area contributed by atoms with Crippen LogP contribution in [0.2, 0.25) is 0 Å². The third-order valence-corrected chi connectivity index (χ3v) is 2.50. The van der Waals surface area contributed by atoms with Gasteiger partial charge < -0.3 is 0 Å². The summed E-state index contributed by atoms with van der Waals surface area (Å²) in [4.78, 5) is 0. The number of benzene rings is 1. The average molecular weight is 350 g/mol. The maximum absolute atomic E-state index is 2.31. The van der Waals surface area contributed by atoms with Crippen LogP contribution in [0.3, 0.4) is 0 Å². The van der Waals surface area contributed by atoms with Crippen molar-refractivity contribution in [1.29, 1.82) is 0 Å². The molecule has 72 valence electrons. The van der Waals surface area contributed by atoms with E-state index in [1.165, 1.54) is 35.6 Å². The molecule has 0 nitrogen and oxygen atoms in total. The molecule has 0 fully saturated rings. The van der Waals surface area contributed by atoms with Gasteiger partial charge in [0.2, 0.25) is 0 Å². The maximum Gasteiger partial charge on any atom is 0 e. The molecule has 0 aliphatic heterocycles. The van der Waals surface area contributed by atoms with E-state index < -0.39 is 0 Å². The topological polar surface area (TPSA) is 0 Å². The molecule has 0 saturated carbocycles. The molecule has 0 radical (unpaired) electrons. The van der Waals surface area contributed by atoms with Crippen LogP contribution in [0.25, 0.3) is 10.8 Å². The van der Waals surface area contributed by atoms with Gasteiger partial charge in [-0.15, -0.1) is 40.6 Å². The molecule has 0 aromatic heterocycles. The van der Waals surface area contributed by atoms with Gasteiger partial charge in [-0.1, -0.05) is 25.8 Å². The average Bonchev–Trinajstić information content (AvgIpc) is 2.57. The summed E-state index contributed by atoms with van der Waals surface area (Å²) in [5.74, 6) is 0. The number of hydrogen-bond acceptors (Lipinski definition) is 0. The van der Waals surface area contributed by atoms with E-state index in [0.29, 0.717) is 0 Å². The zero-order valence-corrected chi connectivity index (χ0v) is 12.2. The number of aryl methyl sites for hydroxylation is 1. The van der Waals surface area contributed by atoms with Gasteiger partial charge in [0.05, 0.1) is 0 Å². The fourth-order valence-electron chi connectivity index (χ4n) is 1.74. The summed E-state index contributed by atoms with van der Waals surface area (Å²) in [5, 5.41) is 2.77. The molecule has 14 heavy (non-hydrogen) atoms. The molecule has 0 bridgehead atoms. The first-order chi connectivity index (χ1) is 6.40. The second kappa shape index (κ2) is 5.55. The van der Waals surface area contributed by atoms with Crippen molar-refractivity contribution in [3.05, 3.63) is 42.0 Å². The van der Waals surface area contributed by atoms with Crippen molar-refractivity contribution in [3.63, 3.8) is 0 Å². The number of rotatable bonds is 3. The molecular weight excluding hydrogens is 335 g/mol. The van der Waals surface area contributed by atoms with Crippen molar-refractivity contribution < 1.29 is 25.8 Å². The monoisotopic (exact) mass is 351 g/mol. The summed E-state index contributed by atoms with van der Waals surface area (Å²) < 4.78 is 0. The summed E-state index contributed by atoms with van der Waals surface area (Å²) in [7, 11) is 0. The van der Waals surface area contributed by atoms with Crippen LogP contribution in [0, 0.1) is 0 Å². The molecule has 0 spiro atoms. The molecule has 0 unspecified atom stereocenters. The van der Waals surface area contributed by atoms with E-state index >= 15 is 0 Å². The van der Waals surface area contributed by atoms with Crippen molar-refractivity contribution in [1.82, 2.24) is 0 Å². The van der Waals surface area contributed by atoms with Crippen LogP contribution in [0.5, 0.6) is 0 Å². The van der Waals surface area contributed by atoms with Crippen molar-refractivity contribution in [2.45, 2.75) is 26.2 Å². The number of fused-ring (bicyclic) bond motifs is 1. The quantitative estimate of drug-likeness (QED) is 0.582. The largest absolute Gasteiger partial charge is 0.165 e. The molecule has 0 heterocycles. The minimum atomic E-state index is 0. The van der Waals surface area contributed by atoms with E-state index in [1.807, 2.05) is 0 Å². The van der Waals surface area contributed by atoms with Crippen molar-refractivity contribution in [3.8, 4) is 0 Å². The van der Waals surface area contributed by atoms with E-state index in [-0.39, 0.29) is 25.8 Å². The Morgan fingerprint density at radius 3 is 2.71 bits per heavy atom. The Bertz CT molecular complexity index is 354. The fraction of sp³-hybridized carbons (Fsp3) is 0.308. The molecule has 2 aromatic rings. The summed E-state index contributed by atoms with van der Waals surface area (Å²) in [6, 6.07) is 13.2. The minimum Gasteiger partial charge on any atom is -0.165 e. The van der Waals surface area contributed by atoms with Crippen molar-refractivity contribution in [2.75, 3.05) is 0 Å². The second-order valence-corrected chi connectivity index (χ2v) is 3.60. The van der Waals surface area contributed by atoms with Crippen molar-refractivity contribution in [2.24, 2.45) is 0 Å². The molecule has 0 saturated heterocycles. The van der Waals surface area contributed by atoms with Gasteiger partial charge in [0.15, 0.2) is 0 Å². The Hall–Kier alpha value is -0.300. The first-order valence-electron chi connectivity index (χ1n) is 5.04. The Morgan fingerprint density at radius 1 is 1.21 bits per heavy atom. The second-order valence-electron chi connectivity index (χ2n) is 3.60. The van der Waals surface area contributed by atoms with E-state index in [0.717, 1.165) is 0 Å². The van der Waals surface area contributed by atoms with E-state index in [4.69, 9.17) is 0 Å². The molecule has 1 heteroatoms. The van der Waals surface area contributed by atoms with Crippen LogP contribution in [0.1, 0.15) is 25.3 Å². The zero-order chi connectivity index (χ0) is 9.10. The first kappa shape index (κ1) is 11.8. The molecule has 2 aromatic carbocycles. The van der Waals surface area contributed by atoms with Crippen LogP contribution < -0.4 is 0 Å². The van der Waals surface area contributed by atoms with Gasteiger partial charge in [0.1, 0.15) is 0 Å². The van der Waals surface area contributed by atoms with Crippen LogP contribution in [-0.2, 0) is 32.3 Å². The summed E-state index contributed by atoms with van der Waals surface area (Å²) >= 11 is 0. The first-order valence-corrected chi connectivity index (χ1v) is 5.04. The van der Waals surface area contributed by atoms with Gasteiger partial charge in [-0.05, 0) is 6.42 Å². The van der Waals surface area contributed by atoms with Gasteiger partial charge in [0, 0.05) is 25.8 Å². The maximum atomic E-state index is 2.31. The molecule has 0 N–H and O–H groups in total. The van der Waals surface area contributed by atoms with Gasteiger partial charge in [-0.25, -0.2) is 0 Å². The van der Waals surface area contributed by atoms with Crippen LogP contribution >= 0.6 is 0 Å². The van der Waals surface area contributed by atoms with Crippen LogP contribution in [-0.4, -0.2) is 0 Å². The summed E-state index contributed by atoms with van der Waals surface area (Å²) in [6.07, 6.45) is 3.81. The Morgan fingerprint density at radius 2 is 2.00 bits per heavy atom.